The van der Waals surface area contributed by atoms with Crippen molar-refractivity contribution in [1.29, 1.82) is 0 Å². The van der Waals surface area contributed by atoms with Crippen LogP contribution < -0.4 is 0 Å². The fourth-order valence-electron chi connectivity index (χ4n) is 6.00. The zero-order valence-corrected chi connectivity index (χ0v) is 19.3. The molecule has 2 aliphatic carbocycles. The Morgan fingerprint density at radius 1 is 0.967 bits per heavy atom. The Bertz CT molecular complexity index is 524. The normalized spacial score (nSPS) is 28.0. The molecule has 3 rings (SSSR count). The van der Waals surface area contributed by atoms with Gasteiger partial charge in [0.15, 0.2) is 5.78 Å². The molecule has 3 aliphatic rings. The van der Waals surface area contributed by atoms with E-state index in [0.29, 0.717) is 12.3 Å². The zero-order chi connectivity index (χ0) is 21.2. The predicted molar refractivity (Wildman–Crippen MR) is 123 cm³/mol. The van der Waals surface area contributed by atoms with E-state index in [9.17, 15) is 9.90 Å². The summed E-state index contributed by atoms with van der Waals surface area (Å²) >= 11 is 0. The standard InChI is InChI=1S/C26H45NO3/c1-2-30-20-22-9-12-25(13-10-22)27-16-14-23(15-17-27)24(18-26(29)19-28)11-8-21-6-4-3-5-7-21/h11,21-23,25,28H,2-10,12-20H2,1H3/b24-11-. The van der Waals surface area contributed by atoms with Crippen molar-refractivity contribution in [2.24, 2.45) is 17.8 Å². The molecule has 4 heteroatoms. The third kappa shape index (κ3) is 7.46. The number of rotatable bonds is 10. The second kappa shape index (κ2) is 13.0. The van der Waals surface area contributed by atoms with Gasteiger partial charge in [0, 0.05) is 25.7 Å². The van der Waals surface area contributed by atoms with Crippen molar-refractivity contribution in [2.75, 3.05) is 32.9 Å². The number of piperidine rings is 1. The quantitative estimate of drug-likeness (QED) is 0.498. The zero-order valence-electron chi connectivity index (χ0n) is 19.3. The highest BCUT2D eigenvalue weighted by molar-refractivity contribution is 5.81. The maximum Gasteiger partial charge on any atom is 0.162 e. The van der Waals surface area contributed by atoms with E-state index in [2.05, 4.69) is 17.9 Å². The first-order chi connectivity index (χ1) is 14.7. The Kier molecular flexibility index (Phi) is 10.4. The van der Waals surface area contributed by atoms with Gasteiger partial charge in [0.2, 0.25) is 0 Å². The van der Waals surface area contributed by atoms with Crippen LogP contribution in [0.15, 0.2) is 11.6 Å². The van der Waals surface area contributed by atoms with Gasteiger partial charge in [0.25, 0.3) is 0 Å². The van der Waals surface area contributed by atoms with E-state index in [1.165, 1.54) is 89.3 Å². The molecule has 1 heterocycles. The molecule has 1 aliphatic heterocycles. The maximum atomic E-state index is 12.0. The average molecular weight is 420 g/mol. The lowest BCUT2D eigenvalue weighted by Gasteiger charge is -2.41. The number of hydrogen-bond donors (Lipinski definition) is 1. The third-order valence-corrected chi connectivity index (χ3v) is 7.96. The summed E-state index contributed by atoms with van der Waals surface area (Å²) in [4.78, 5) is 14.7. The van der Waals surface area contributed by atoms with Gasteiger partial charge in [-0.2, -0.15) is 0 Å². The van der Waals surface area contributed by atoms with Crippen LogP contribution in [0.5, 0.6) is 0 Å². The second-order valence-electron chi connectivity index (χ2n) is 10.0. The highest BCUT2D eigenvalue weighted by Gasteiger charge is 2.30. The Labute approximate surface area is 184 Å². The minimum Gasteiger partial charge on any atom is -0.389 e. The summed E-state index contributed by atoms with van der Waals surface area (Å²) in [6, 6.07) is 0.748. The van der Waals surface area contributed by atoms with E-state index in [-0.39, 0.29) is 12.4 Å². The van der Waals surface area contributed by atoms with Crippen molar-refractivity contribution in [2.45, 2.75) is 96.4 Å². The molecule has 0 aromatic rings. The first-order valence-corrected chi connectivity index (χ1v) is 12.8. The highest BCUT2D eigenvalue weighted by atomic mass is 16.5. The van der Waals surface area contributed by atoms with Crippen LogP contribution in [0.25, 0.3) is 0 Å². The number of allylic oxidation sites excluding steroid dienone is 2. The van der Waals surface area contributed by atoms with Crippen molar-refractivity contribution in [3.63, 3.8) is 0 Å². The Morgan fingerprint density at radius 3 is 2.30 bits per heavy atom. The lowest BCUT2D eigenvalue weighted by molar-refractivity contribution is -0.121. The van der Waals surface area contributed by atoms with E-state index in [0.717, 1.165) is 37.5 Å². The molecule has 1 saturated heterocycles. The highest BCUT2D eigenvalue weighted by Crippen LogP contribution is 2.34. The Hall–Kier alpha value is -0.710. The van der Waals surface area contributed by atoms with Crippen molar-refractivity contribution in [1.82, 2.24) is 4.90 Å². The van der Waals surface area contributed by atoms with Gasteiger partial charge in [-0.05, 0) is 82.7 Å². The summed E-state index contributed by atoms with van der Waals surface area (Å²) < 4.78 is 5.64. The van der Waals surface area contributed by atoms with E-state index < -0.39 is 0 Å². The van der Waals surface area contributed by atoms with Crippen LogP contribution in [0, 0.1) is 17.8 Å². The van der Waals surface area contributed by atoms with Crippen LogP contribution in [0.4, 0.5) is 0 Å². The van der Waals surface area contributed by atoms with Gasteiger partial charge in [0.05, 0.1) is 0 Å². The SMILES string of the molecule is CCOCC1CCC(N2CCC(/C(=C\CC3CCCCC3)CC(=O)CO)CC2)CC1. The number of aliphatic hydroxyl groups is 1. The van der Waals surface area contributed by atoms with Crippen LogP contribution >= 0.6 is 0 Å². The Morgan fingerprint density at radius 2 is 1.67 bits per heavy atom. The topological polar surface area (TPSA) is 49.8 Å². The lowest BCUT2D eigenvalue weighted by atomic mass is 9.81. The second-order valence-corrected chi connectivity index (χ2v) is 10.0. The lowest BCUT2D eigenvalue weighted by Crippen LogP contribution is -2.43. The van der Waals surface area contributed by atoms with Crippen molar-refractivity contribution >= 4 is 5.78 Å². The minimum absolute atomic E-state index is 0.0139. The smallest absolute Gasteiger partial charge is 0.162 e. The molecular weight excluding hydrogens is 374 g/mol. The molecule has 0 bridgehead atoms. The van der Waals surface area contributed by atoms with Gasteiger partial charge >= 0.3 is 0 Å². The largest absolute Gasteiger partial charge is 0.389 e. The van der Waals surface area contributed by atoms with Crippen molar-refractivity contribution in [3.8, 4) is 0 Å². The number of carbonyl (C=O) groups is 1. The number of Topliss-reactive ketones (excluding diaryl/α,β-unsaturated/α-hetero) is 1. The Balaban J connectivity index is 1.48. The number of ketones is 1. The molecule has 0 aromatic carbocycles. The molecule has 1 N–H and O–H groups in total. The van der Waals surface area contributed by atoms with Crippen LogP contribution in [0.2, 0.25) is 0 Å². The van der Waals surface area contributed by atoms with Crippen molar-refractivity contribution in [3.05, 3.63) is 11.6 Å². The van der Waals surface area contributed by atoms with Crippen LogP contribution in [0.3, 0.4) is 0 Å². The molecule has 0 radical (unpaired) electrons. The van der Waals surface area contributed by atoms with Gasteiger partial charge in [0.1, 0.15) is 6.61 Å². The molecule has 4 nitrogen and oxygen atoms in total. The molecule has 3 fully saturated rings. The number of carbonyl (C=O) groups excluding carboxylic acids is 1. The third-order valence-electron chi connectivity index (χ3n) is 7.96. The molecule has 0 aromatic heterocycles. The van der Waals surface area contributed by atoms with E-state index in [4.69, 9.17) is 4.74 Å². The van der Waals surface area contributed by atoms with Gasteiger partial charge in [-0.1, -0.05) is 43.8 Å². The predicted octanol–water partition coefficient (Wildman–Crippen LogP) is 5.14. The average Bonchev–Trinajstić information content (AvgIpc) is 2.81. The maximum absolute atomic E-state index is 12.0. The summed E-state index contributed by atoms with van der Waals surface area (Å²) in [5.74, 6) is 2.09. The summed E-state index contributed by atoms with van der Waals surface area (Å²) in [6.45, 7) is 5.88. The number of ether oxygens (including phenoxy) is 1. The number of nitrogens with zero attached hydrogens (tertiary/aromatic N) is 1. The number of aliphatic hydroxyl groups excluding tert-OH is 1. The minimum atomic E-state index is -0.315. The first-order valence-electron chi connectivity index (χ1n) is 12.8. The number of hydrogen-bond acceptors (Lipinski definition) is 4. The fraction of sp³-hybridized carbons (Fsp3) is 0.885. The molecule has 0 amide bonds. The molecular formula is C26H45NO3. The van der Waals surface area contributed by atoms with Crippen LogP contribution in [0.1, 0.15) is 90.4 Å². The van der Waals surface area contributed by atoms with E-state index in [1.807, 2.05) is 0 Å². The van der Waals surface area contributed by atoms with Gasteiger partial charge in [-0.25, -0.2) is 0 Å². The van der Waals surface area contributed by atoms with Crippen molar-refractivity contribution < 1.29 is 14.6 Å². The molecule has 0 unspecified atom stereocenters. The first kappa shape index (κ1) is 23.9. The fourth-order valence-corrected chi connectivity index (χ4v) is 6.00. The molecule has 2 saturated carbocycles. The van der Waals surface area contributed by atoms with Crippen LogP contribution in [-0.4, -0.2) is 54.7 Å². The summed E-state index contributed by atoms with van der Waals surface area (Å²) in [7, 11) is 0. The van der Waals surface area contributed by atoms with Gasteiger partial charge in [-0.3, -0.25) is 4.79 Å². The van der Waals surface area contributed by atoms with E-state index >= 15 is 0 Å². The summed E-state index contributed by atoms with van der Waals surface area (Å²) in [6.07, 6.45) is 18.4. The summed E-state index contributed by atoms with van der Waals surface area (Å²) in [5.41, 5.74) is 1.33. The molecule has 30 heavy (non-hydrogen) atoms. The van der Waals surface area contributed by atoms with Gasteiger partial charge < -0.3 is 14.7 Å². The summed E-state index contributed by atoms with van der Waals surface area (Å²) in [5, 5.41) is 9.29. The van der Waals surface area contributed by atoms with Gasteiger partial charge in [-0.15, -0.1) is 0 Å². The van der Waals surface area contributed by atoms with Crippen LogP contribution in [-0.2, 0) is 9.53 Å². The number of likely N-dealkylation sites (tertiary alicyclic amines) is 1. The molecule has 172 valence electrons. The monoisotopic (exact) mass is 419 g/mol. The molecule has 0 spiro atoms. The van der Waals surface area contributed by atoms with E-state index in [1.54, 1.807) is 0 Å². The molecule has 0 atom stereocenters.